The highest BCUT2D eigenvalue weighted by atomic mass is 16.5. The van der Waals surface area contributed by atoms with Gasteiger partial charge in [0.1, 0.15) is 50.7 Å². The molecule has 5 fully saturated rings. The van der Waals surface area contributed by atoms with Gasteiger partial charge >= 0.3 is 0 Å². The van der Waals surface area contributed by atoms with Gasteiger partial charge < -0.3 is 99.6 Å². The van der Waals surface area contributed by atoms with E-state index in [1.807, 2.05) is 53.2 Å². The molecule has 34 nitrogen and oxygen atoms in total. The largest absolute Gasteiger partial charge is 0.494 e. The van der Waals surface area contributed by atoms with E-state index < -0.39 is 0 Å². The Morgan fingerprint density at radius 3 is 1.23 bits per heavy atom. The minimum absolute atomic E-state index is 0.184. The van der Waals surface area contributed by atoms with Crippen molar-refractivity contribution in [2.45, 2.75) is 51.0 Å². The lowest BCUT2D eigenvalue weighted by Gasteiger charge is -2.34. The number of anilines is 12. The van der Waals surface area contributed by atoms with Crippen molar-refractivity contribution in [3.05, 3.63) is 171 Å². The molecular formula is C85H98N24O10. The topological polar surface area (TPSA) is 355 Å². The number of nitrogen functional groups attached to an aromatic ring is 1. The number of rotatable bonds is 24. The first kappa shape index (κ1) is 80.8. The lowest BCUT2D eigenvalue weighted by molar-refractivity contribution is -0.112. The molecule has 17 rings (SSSR count). The van der Waals surface area contributed by atoms with E-state index >= 15 is 0 Å². The van der Waals surface area contributed by atoms with Gasteiger partial charge in [0.2, 0.25) is 47.3 Å². The van der Waals surface area contributed by atoms with Crippen LogP contribution >= 0.6 is 0 Å². The number of amides is 2. The number of carbonyl (C=O) groups is 2. The van der Waals surface area contributed by atoms with Crippen molar-refractivity contribution in [1.82, 2.24) is 74.4 Å². The molecule has 0 saturated carbocycles. The molecule has 0 aliphatic carbocycles. The van der Waals surface area contributed by atoms with Crippen LogP contribution in [0.15, 0.2) is 171 Å². The quantitative estimate of drug-likeness (QED) is 0.0218. The highest BCUT2D eigenvalue weighted by Gasteiger charge is 2.28. The summed E-state index contributed by atoms with van der Waals surface area (Å²) in [6.45, 7) is 20.3. The number of nitrogens with zero attached hydrogens (tertiary/aromatic N) is 17. The minimum atomic E-state index is -0.311. The van der Waals surface area contributed by atoms with Crippen molar-refractivity contribution < 1.29 is 47.5 Å². The third-order valence-corrected chi connectivity index (χ3v) is 20.9. The number of H-pyrrole nitrogens is 1. The summed E-state index contributed by atoms with van der Waals surface area (Å²) in [5, 5.41) is 33.5. The number of ether oxygens (including phenoxy) is 8. The molecule has 119 heavy (non-hydrogen) atoms. The standard InChI is InChI=1S/C31H36N8O4.C28H34N8O3.C26H28N8O3/c1-4-27(40)33-21-8-7-9-23(18-21)43-30-24-20-32-39(28-10-5-6-17-42-28)29(24)35-31(36-30)34-25-12-11-22(19-26(25)41-3)38-15-13-37(2)14-16-38;1-34-11-13-35(14-12-34)20-9-10-23(24(17-20)37-2)31-28-32-26-22(18-30-36(26)25-8-3-4-15-38-25)27(33-28)39-21-7-5-6-19(29)16-21;1-4-23(35)28-17-6-5-7-19(14-17)37-25-20-16-27-32-24(20)30-26(31-25)29-21-9-8-18(15-22(21)36-3)34-12-10-33(2)11-13-34/h4,7-9,11-12,18-20,28H,1,5-6,10,13-17H2,2-3H3,(H,33,40)(H,34,35,36);5-7,9-10,16-18,25H,3-4,8,11-15,29H2,1-2H3,(H,31,32,33);4-9,14-16H,1,10-13H2,2-3H3,(H,28,35)(H2,27,29,30,31,32). The summed E-state index contributed by atoms with van der Waals surface area (Å²) in [6, 6.07) is 39.6. The Kier molecular flexibility index (Phi) is 25.6. The lowest BCUT2D eigenvalue weighted by Crippen LogP contribution is -2.44. The molecule has 8 N–H and O–H groups in total. The first-order valence-electron chi connectivity index (χ1n) is 39.7. The molecule has 6 aromatic carbocycles. The van der Waals surface area contributed by atoms with Crippen LogP contribution in [0.2, 0.25) is 0 Å². The van der Waals surface area contributed by atoms with Crippen LogP contribution in [0.5, 0.6) is 52.1 Å². The summed E-state index contributed by atoms with van der Waals surface area (Å²) in [5.41, 5.74) is 15.0. The summed E-state index contributed by atoms with van der Waals surface area (Å²) in [7, 11) is 11.4. The maximum absolute atomic E-state index is 11.8. The number of likely N-dealkylation sites (N-methyl/N-ethyl adjacent to an activating group) is 3. The molecule has 12 aromatic rings. The van der Waals surface area contributed by atoms with Crippen LogP contribution in [0.3, 0.4) is 0 Å². The summed E-state index contributed by atoms with van der Waals surface area (Å²) in [5.74, 6) is 5.00. The van der Waals surface area contributed by atoms with Crippen molar-refractivity contribution in [3.8, 4) is 52.1 Å². The molecule has 0 bridgehead atoms. The first-order chi connectivity index (χ1) is 58.1. The molecule has 6 aromatic heterocycles. The molecule has 11 heterocycles. The molecule has 2 unspecified atom stereocenters. The molecule has 2 atom stereocenters. The molecule has 5 saturated heterocycles. The molecule has 5 aliphatic rings. The van der Waals surface area contributed by atoms with E-state index in [1.54, 1.807) is 99.2 Å². The van der Waals surface area contributed by atoms with Crippen LogP contribution in [0.4, 0.5) is 69.0 Å². The van der Waals surface area contributed by atoms with E-state index in [-0.39, 0.29) is 24.3 Å². The Hall–Kier alpha value is -13.4. The van der Waals surface area contributed by atoms with E-state index in [0.717, 1.165) is 151 Å². The zero-order valence-electron chi connectivity index (χ0n) is 67.5. The number of fused-ring (bicyclic) bond motifs is 3. The van der Waals surface area contributed by atoms with Gasteiger partial charge in [-0.25, -0.2) is 9.36 Å². The minimum Gasteiger partial charge on any atom is -0.494 e. The van der Waals surface area contributed by atoms with Gasteiger partial charge in [-0.3, -0.25) is 14.7 Å². The number of hydrogen-bond donors (Lipinski definition) is 7. The third kappa shape index (κ3) is 19.8. The van der Waals surface area contributed by atoms with Crippen LogP contribution in [-0.4, -0.2) is 220 Å². The molecular weight excluding hydrogens is 1520 g/mol. The van der Waals surface area contributed by atoms with Gasteiger partial charge in [-0.05, 0) is 145 Å². The second kappa shape index (κ2) is 37.7. The van der Waals surface area contributed by atoms with Gasteiger partial charge in [-0.15, -0.1) is 0 Å². The van der Waals surface area contributed by atoms with E-state index in [0.29, 0.717) is 133 Å². The molecule has 0 radical (unpaired) electrons. The number of hydrogen-bond acceptors (Lipinski definition) is 29. The number of nitrogens with one attached hydrogen (secondary N) is 6. The van der Waals surface area contributed by atoms with Crippen LogP contribution in [0, 0.1) is 0 Å². The van der Waals surface area contributed by atoms with Crippen molar-refractivity contribution >= 4 is 114 Å². The fourth-order valence-corrected chi connectivity index (χ4v) is 14.3. The summed E-state index contributed by atoms with van der Waals surface area (Å²) < 4.78 is 51.4. The van der Waals surface area contributed by atoms with Gasteiger partial charge in [0.05, 0.1) is 57.0 Å². The molecule has 0 spiro atoms. The predicted octanol–water partition coefficient (Wildman–Crippen LogP) is 13.1. The van der Waals surface area contributed by atoms with Gasteiger partial charge in [-0.2, -0.15) is 45.2 Å². The molecule has 2 amide bonds. The second-order valence-electron chi connectivity index (χ2n) is 29.2. The second-order valence-corrected chi connectivity index (χ2v) is 29.2. The maximum atomic E-state index is 11.8. The number of benzene rings is 6. The molecule has 618 valence electrons. The van der Waals surface area contributed by atoms with Gasteiger partial charge in [0.25, 0.3) is 0 Å². The fourth-order valence-electron chi connectivity index (χ4n) is 14.3. The number of piperazine rings is 3. The number of methoxy groups -OCH3 is 3. The number of carbonyl (C=O) groups excluding carboxylic acids is 2. The Morgan fingerprint density at radius 1 is 0.462 bits per heavy atom. The van der Waals surface area contributed by atoms with Crippen molar-refractivity contribution in [1.29, 1.82) is 0 Å². The average molecular weight is 1620 g/mol. The van der Waals surface area contributed by atoms with Gasteiger partial charge in [-0.1, -0.05) is 31.4 Å². The monoisotopic (exact) mass is 1610 g/mol. The van der Waals surface area contributed by atoms with Crippen LogP contribution in [0.25, 0.3) is 33.1 Å². The van der Waals surface area contributed by atoms with Crippen molar-refractivity contribution in [3.63, 3.8) is 0 Å². The van der Waals surface area contributed by atoms with Crippen LogP contribution in [0.1, 0.15) is 51.0 Å². The molecule has 5 aliphatic heterocycles. The van der Waals surface area contributed by atoms with E-state index in [1.165, 1.54) is 12.2 Å². The smallest absolute Gasteiger partial charge is 0.247 e. The first-order valence-corrected chi connectivity index (χ1v) is 39.7. The van der Waals surface area contributed by atoms with Gasteiger partial charge in [0.15, 0.2) is 29.4 Å². The predicted molar refractivity (Wildman–Crippen MR) is 460 cm³/mol. The Morgan fingerprint density at radius 2 is 0.849 bits per heavy atom. The number of aromatic nitrogens is 12. The number of aromatic amines is 1. The van der Waals surface area contributed by atoms with E-state index in [4.69, 9.17) is 63.6 Å². The summed E-state index contributed by atoms with van der Waals surface area (Å²) in [6.07, 6.45) is 12.9. The Bertz CT molecular complexity index is 5550. The SMILES string of the molecule is C=CC(=O)Nc1cccc(Oc2nc(Nc3ccc(N4CCN(C)CC4)cc3OC)nc3[nH]ncc23)c1.C=CC(=O)Nc1cccc(Oc2nc(Nc3ccc(N4CCN(C)CC4)cc3OC)nc3c2cnn3C2CCCCO2)c1.COc1cc(N2CCN(C)CC2)ccc1Nc1nc(Oc2cccc(N)c2)c2cnn(C3CCCCO3)c2n1. The molecule has 34 heteroatoms. The zero-order chi connectivity index (χ0) is 82.3. The maximum Gasteiger partial charge on any atom is 0.247 e. The average Bonchev–Trinajstić information content (AvgIpc) is 1.66. The highest BCUT2D eigenvalue weighted by molar-refractivity contribution is 5.99. The fraction of sp³-hybridized carbons (Fsp3) is 0.329. The Balaban J connectivity index is 0.000000140. The zero-order valence-corrected chi connectivity index (χ0v) is 67.5. The van der Waals surface area contributed by atoms with E-state index in [2.05, 4.69) is 145 Å². The Labute approximate surface area is 688 Å². The highest BCUT2D eigenvalue weighted by Crippen LogP contribution is 2.41. The summed E-state index contributed by atoms with van der Waals surface area (Å²) in [4.78, 5) is 65.8. The van der Waals surface area contributed by atoms with Crippen molar-refractivity contribution in [2.75, 3.05) is 181 Å². The van der Waals surface area contributed by atoms with Crippen LogP contribution < -0.4 is 75.4 Å². The van der Waals surface area contributed by atoms with Crippen LogP contribution in [-0.2, 0) is 19.1 Å². The van der Waals surface area contributed by atoms with Gasteiger partial charge in [0, 0.05) is 162 Å². The normalized spacial score (nSPS) is 16.6. The lowest BCUT2D eigenvalue weighted by atomic mass is 10.2. The third-order valence-electron chi connectivity index (χ3n) is 20.9. The summed E-state index contributed by atoms with van der Waals surface area (Å²) >= 11 is 0. The number of nitrogens with two attached hydrogens (primary N) is 1. The van der Waals surface area contributed by atoms with E-state index in [9.17, 15) is 9.59 Å². The van der Waals surface area contributed by atoms with Crippen molar-refractivity contribution in [2.24, 2.45) is 0 Å².